The van der Waals surface area contributed by atoms with Crippen molar-refractivity contribution >= 4 is 34.4 Å². The third kappa shape index (κ3) is 4.30. The first-order valence-corrected chi connectivity index (χ1v) is 9.49. The van der Waals surface area contributed by atoms with Gasteiger partial charge in [0.25, 0.3) is 0 Å². The second-order valence-corrected chi connectivity index (χ2v) is 7.01. The first-order chi connectivity index (χ1) is 12.6. The standard InChI is InChI=1S/C19H26ClN5O/c1-3-18(26)25-9-7-15(12-25)24-19(21-2)22-8-6-13-11-23-17-5-4-14(20)10-16(13)17/h4-5,10-11,15,23H,3,6-9,12H2,1-2H3,(H2,21,22,24). The van der Waals surface area contributed by atoms with E-state index >= 15 is 0 Å². The lowest BCUT2D eigenvalue weighted by atomic mass is 10.1. The zero-order chi connectivity index (χ0) is 18.5. The van der Waals surface area contributed by atoms with Crippen molar-refractivity contribution in [3.05, 3.63) is 35.0 Å². The van der Waals surface area contributed by atoms with Crippen LogP contribution in [0.2, 0.25) is 5.02 Å². The molecule has 0 saturated carbocycles. The average molecular weight is 376 g/mol. The molecule has 26 heavy (non-hydrogen) atoms. The molecule has 1 aliphatic heterocycles. The van der Waals surface area contributed by atoms with Crippen molar-refractivity contribution in [2.24, 2.45) is 4.99 Å². The number of amides is 1. The maximum atomic E-state index is 11.8. The molecule has 3 rings (SSSR count). The van der Waals surface area contributed by atoms with Gasteiger partial charge in [-0.2, -0.15) is 0 Å². The molecule has 1 aromatic heterocycles. The fourth-order valence-electron chi connectivity index (χ4n) is 3.39. The summed E-state index contributed by atoms with van der Waals surface area (Å²) in [6.07, 6.45) is 4.41. The predicted octanol–water partition coefficient (Wildman–Crippen LogP) is 2.54. The highest BCUT2D eigenvalue weighted by atomic mass is 35.5. The molecular weight excluding hydrogens is 350 g/mol. The van der Waals surface area contributed by atoms with Crippen molar-refractivity contribution in [1.82, 2.24) is 20.5 Å². The fourth-order valence-corrected chi connectivity index (χ4v) is 3.56. The van der Waals surface area contributed by atoms with E-state index in [9.17, 15) is 4.79 Å². The minimum atomic E-state index is 0.218. The maximum Gasteiger partial charge on any atom is 0.222 e. The lowest BCUT2D eigenvalue weighted by Gasteiger charge is -2.18. The van der Waals surface area contributed by atoms with Gasteiger partial charge in [0, 0.05) is 61.3 Å². The summed E-state index contributed by atoms with van der Waals surface area (Å²) in [5.41, 5.74) is 2.32. The van der Waals surface area contributed by atoms with Crippen molar-refractivity contribution in [3.8, 4) is 0 Å². The van der Waals surface area contributed by atoms with Crippen molar-refractivity contribution in [2.75, 3.05) is 26.7 Å². The minimum absolute atomic E-state index is 0.218. The zero-order valence-corrected chi connectivity index (χ0v) is 16.1. The Kier molecular flexibility index (Phi) is 6.04. The van der Waals surface area contributed by atoms with Crippen LogP contribution in [-0.4, -0.2) is 54.5 Å². The van der Waals surface area contributed by atoms with E-state index in [1.165, 1.54) is 5.56 Å². The van der Waals surface area contributed by atoms with Gasteiger partial charge in [-0.1, -0.05) is 18.5 Å². The van der Waals surface area contributed by atoms with Crippen molar-refractivity contribution < 1.29 is 4.79 Å². The van der Waals surface area contributed by atoms with Crippen LogP contribution < -0.4 is 10.6 Å². The number of halogens is 1. The van der Waals surface area contributed by atoms with Crippen LogP contribution >= 0.6 is 11.6 Å². The molecular formula is C19H26ClN5O. The molecule has 0 radical (unpaired) electrons. The summed E-state index contributed by atoms with van der Waals surface area (Å²) in [7, 11) is 1.77. The zero-order valence-electron chi connectivity index (χ0n) is 15.3. The lowest BCUT2D eigenvalue weighted by Crippen LogP contribution is -2.45. The smallest absolute Gasteiger partial charge is 0.222 e. The topological polar surface area (TPSA) is 72.5 Å². The molecule has 1 unspecified atom stereocenters. The number of aliphatic imine (C=N–C) groups is 1. The van der Waals surface area contributed by atoms with Crippen LogP contribution in [0.25, 0.3) is 10.9 Å². The van der Waals surface area contributed by atoms with Gasteiger partial charge >= 0.3 is 0 Å². The summed E-state index contributed by atoms with van der Waals surface area (Å²) in [5, 5.41) is 8.68. The number of benzene rings is 1. The first-order valence-electron chi connectivity index (χ1n) is 9.11. The van der Waals surface area contributed by atoms with Crippen molar-refractivity contribution in [2.45, 2.75) is 32.2 Å². The molecule has 2 aromatic rings. The Hall–Kier alpha value is -2.21. The van der Waals surface area contributed by atoms with Gasteiger partial charge in [0.1, 0.15) is 0 Å². The molecule has 0 bridgehead atoms. The largest absolute Gasteiger partial charge is 0.361 e. The number of nitrogens with one attached hydrogen (secondary N) is 3. The van der Waals surface area contributed by atoms with E-state index < -0.39 is 0 Å². The number of carbonyl (C=O) groups is 1. The molecule has 140 valence electrons. The summed E-state index contributed by atoms with van der Waals surface area (Å²) >= 11 is 6.11. The summed E-state index contributed by atoms with van der Waals surface area (Å²) < 4.78 is 0. The van der Waals surface area contributed by atoms with Crippen LogP contribution in [0.15, 0.2) is 29.4 Å². The molecule has 1 fully saturated rings. The molecule has 6 nitrogen and oxygen atoms in total. The molecule has 2 heterocycles. The fraction of sp³-hybridized carbons (Fsp3) is 0.474. The number of aromatic amines is 1. The Bertz CT molecular complexity index is 800. The molecule has 1 atom stereocenters. The van der Waals surface area contributed by atoms with Gasteiger partial charge in [-0.15, -0.1) is 0 Å². The Morgan fingerprint density at radius 1 is 1.46 bits per heavy atom. The summed E-state index contributed by atoms with van der Waals surface area (Å²) in [5.74, 6) is 0.994. The number of guanidine groups is 1. The third-order valence-corrected chi connectivity index (χ3v) is 5.06. The second kappa shape index (κ2) is 8.45. The molecule has 3 N–H and O–H groups in total. The van der Waals surface area contributed by atoms with Gasteiger partial charge in [-0.25, -0.2) is 0 Å². The van der Waals surface area contributed by atoms with Crippen LogP contribution in [0.5, 0.6) is 0 Å². The molecule has 0 spiro atoms. The van der Waals surface area contributed by atoms with Crippen LogP contribution in [0, 0.1) is 0 Å². The van der Waals surface area contributed by atoms with Gasteiger partial charge in [0.05, 0.1) is 0 Å². The Balaban J connectivity index is 1.50. The molecule has 1 saturated heterocycles. The molecule has 0 aliphatic carbocycles. The van der Waals surface area contributed by atoms with Crippen LogP contribution in [0.4, 0.5) is 0 Å². The molecule has 1 aromatic carbocycles. The van der Waals surface area contributed by atoms with Crippen LogP contribution in [-0.2, 0) is 11.2 Å². The number of aromatic nitrogens is 1. The predicted molar refractivity (Wildman–Crippen MR) is 107 cm³/mol. The Labute approximate surface area is 159 Å². The summed E-state index contributed by atoms with van der Waals surface area (Å²) in [6, 6.07) is 6.14. The number of likely N-dealkylation sites (tertiary alicyclic amines) is 1. The second-order valence-electron chi connectivity index (χ2n) is 6.58. The maximum absolute atomic E-state index is 11.8. The SMILES string of the molecule is CCC(=O)N1CCC(NC(=NC)NCCc2c[nH]c3ccc(Cl)cc23)C1. The monoisotopic (exact) mass is 375 g/mol. The van der Waals surface area contributed by atoms with E-state index in [0.29, 0.717) is 6.42 Å². The van der Waals surface area contributed by atoms with Crippen LogP contribution in [0.1, 0.15) is 25.3 Å². The van der Waals surface area contributed by atoms with Gasteiger partial charge in [0.2, 0.25) is 5.91 Å². The first kappa shape index (κ1) is 18.6. The minimum Gasteiger partial charge on any atom is -0.361 e. The number of fused-ring (bicyclic) bond motifs is 1. The van der Waals surface area contributed by atoms with Crippen molar-refractivity contribution in [3.63, 3.8) is 0 Å². The normalized spacial score (nSPS) is 17.7. The van der Waals surface area contributed by atoms with Gasteiger partial charge in [-0.05, 0) is 36.6 Å². The lowest BCUT2D eigenvalue weighted by molar-refractivity contribution is -0.129. The van der Waals surface area contributed by atoms with E-state index in [1.807, 2.05) is 36.2 Å². The van der Waals surface area contributed by atoms with E-state index in [1.54, 1.807) is 7.05 Å². The highest BCUT2D eigenvalue weighted by Gasteiger charge is 2.25. The third-order valence-electron chi connectivity index (χ3n) is 4.82. The quantitative estimate of drug-likeness (QED) is 0.555. The van der Waals surface area contributed by atoms with Crippen LogP contribution in [0.3, 0.4) is 0 Å². The Morgan fingerprint density at radius 2 is 2.31 bits per heavy atom. The van der Waals surface area contributed by atoms with E-state index in [-0.39, 0.29) is 11.9 Å². The Morgan fingerprint density at radius 3 is 3.08 bits per heavy atom. The van der Waals surface area contributed by atoms with E-state index in [0.717, 1.165) is 54.4 Å². The molecule has 1 amide bonds. The average Bonchev–Trinajstić information content (AvgIpc) is 3.27. The number of hydrogen-bond acceptors (Lipinski definition) is 2. The molecule has 7 heteroatoms. The van der Waals surface area contributed by atoms with E-state index in [4.69, 9.17) is 11.6 Å². The number of hydrogen-bond donors (Lipinski definition) is 3. The number of carbonyl (C=O) groups excluding carboxylic acids is 1. The summed E-state index contributed by atoms with van der Waals surface area (Å²) in [6.45, 7) is 4.23. The number of nitrogens with zero attached hydrogens (tertiary/aromatic N) is 2. The highest BCUT2D eigenvalue weighted by Crippen LogP contribution is 2.22. The number of rotatable bonds is 5. The van der Waals surface area contributed by atoms with E-state index in [2.05, 4.69) is 20.6 Å². The van der Waals surface area contributed by atoms with Crippen molar-refractivity contribution in [1.29, 1.82) is 0 Å². The summed E-state index contributed by atoms with van der Waals surface area (Å²) in [4.78, 5) is 21.3. The van der Waals surface area contributed by atoms with Gasteiger partial charge in [0.15, 0.2) is 5.96 Å². The molecule has 1 aliphatic rings. The highest BCUT2D eigenvalue weighted by molar-refractivity contribution is 6.31. The van der Waals surface area contributed by atoms with Gasteiger partial charge < -0.3 is 20.5 Å². The van der Waals surface area contributed by atoms with Gasteiger partial charge in [-0.3, -0.25) is 9.79 Å². The number of H-pyrrole nitrogens is 1.